The molecule has 1 aliphatic heterocycles. The van der Waals surface area contributed by atoms with Crippen molar-refractivity contribution in [3.63, 3.8) is 0 Å². The molecule has 34 heavy (non-hydrogen) atoms. The van der Waals surface area contributed by atoms with E-state index in [1.165, 1.54) is 6.33 Å². The number of carbonyl (C=O) groups is 1. The van der Waals surface area contributed by atoms with E-state index in [1.807, 2.05) is 13.0 Å². The Labute approximate surface area is 202 Å². The van der Waals surface area contributed by atoms with Gasteiger partial charge in [-0.25, -0.2) is 9.50 Å². The smallest absolute Gasteiger partial charge is 0.152 e. The lowest BCUT2D eigenvalue weighted by Gasteiger charge is -2.27. The summed E-state index contributed by atoms with van der Waals surface area (Å²) < 4.78 is 8.42. The molecule has 1 fully saturated rings. The summed E-state index contributed by atoms with van der Waals surface area (Å²) in [5, 5.41) is 16.8. The Kier molecular flexibility index (Phi) is 5.58. The highest BCUT2D eigenvalue weighted by Gasteiger charge is 2.33. The number of rotatable bonds is 5. The number of ketones is 1. The van der Waals surface area contributed by atoms with Gasteiger partial charge in [0.15, 0.2) is 5.82 Å². The van der Waals surface area contributed by atoms with Gasteiger partial charge in [-0.15, -0.1) is 11.3 Å². The van der Waals surface area contributed by atoms with Gasteiger partial charge in [0, 0.05) is 29.0 Å². The van der Waals surface area contributed by atoms with Crippen LogP contribution in [0.5, 0.6) is 5.75 Å². The Hall–Kier alpha value is -3.01. The van der Waals surface area contributed by atoms with E-state index in [9.17, 15) is 9.90 Å². The number of thiophene rings is 1. The normalized spacial score (nSPS) is 15.5. The van der Waals surface area contributed by atoms with Crippen LogP contribution in [0.4, 0.5) is 5.82 Å². The van der Waals surface area contributed by atoms with E-state index in [-0.39, 0.29) is 5.78 Å². The average Bonchev–Trinajstić information content (AvgIpc) is 3.32. The molecule has 3 aromatic heterocycles. The molecule has 1 saturated heterocycles. The van der Waals surface area contributed by atoms with E-state index in [4.69, 9.17) is 10.5 Å². The van der Waals surface area contributed by atoms with Crippen molar-refractivity contribution in [1.82, 2.24) is 19.5 Å². The largest absolute Gasteiger partial charge is 0.495 e. The molecular weight excluding hydrogens is 450 g/mol. The van der Waals surface area contributed by atoms with Crippen LogP contribution in [0.15, 0.2) is 24.5 Å². The molecule has 0 spiro atoms. The van der Waals surface area contributed by atoms with Crippen LogP contribution in [0.1, 0.15) is 43.5 Å². The lowest BCUT2D eigenvalue weighted by molar-refractivity contribution is -0.122. The fraction of sp³-hybridized carbons (Fsp3) is 0.400. The van der Waals surface area contributed by atoms with Crippen LogP contribution >= 0.6 is 11.3 Å². The maximum absolute atomic E-state index is 12.2. The minimum atomic E-state index is -1.19. The van der Waals surface area contributed by atoms with Crippen molar-refractivity contribution in [2.24, 2.45) is 0 Å². The summed E-state index contributed by atoms with van der Waals surface area (Å²) in [5.41, 5.74) is 9.46. The predicted octanol–water partition coefficient (Wildman–Crippen LogP) is 3.90. The third kappa shape index (κ3) is 3.83. The first-order valence-corrected chi connectivity index (χ1v) is 12.2. The molecule has 0 unspecified atom stereocenters. The maximum atomic E-state index is 12.2. The van der Waals surface area contributed by atoms with Gasteiger partial charge < -0.3 is 15.6 Å². The van der Waals surface area contributed by atoms with E-state index in [0.717, 1.165) is 50.4 Å². The molecule has 0 saturated carbocycles. The lowest BCUT2D eigenvalue weighted by Crippen LogP contribution is -2.36. The monoisotopic (exact) mass is 479 g/mol. The van der Waals surface area contributed by atoms with Gasteiger partial charge in [-0.3, -0.25) is 9.69 Å². The van der Waals surface area contributed by atoms with Gasteiger partial charge in [0.2, 0.25) is 0 Å². The highest BCUT2D eigenvalue weighted by Crippen LogP contribution is 2.46. The molecule has 1 aliphatic rings. The van der Waals surface area contributed by atoms with Crippen LogP contribution in [0.3, 0.4) is 0 Å². The second kappa shape index (κ2) is 8.33. The van der Waals surface area contributed by atoms with Crippen LogP contribution in [0, 0.1) is 6.92 Å². The average molecular weight is 480 g/mol. The molecule has 0 aliphatic carbocycles. The van der Waals surface area contributed by atoms with Crippen molar-refractivity contribution in [1.29, 1.82) is 0 Å². The van der Waals surface area contributed by atoms with E-state index in [1.54, 1.807) is 36.8 Å². The Morgan fingerprint density at radius 3 is 2.79 bits per heavy atom. The predicted molar refractivity (Wildman–Crippen MR) is 134 cm³/mol. The van der Waals surface area contributed by atoms with Crippen LogP contribution in [0.25, 0.3) is 26.0 Å². The minimum Gasteiger partial charge on any atom is -0.495 e. The summed E-state index contributed by atoms with van der Waals surface area (Å²) in [6.45, 7) is 7.27. The zero-order chi connectivity index (χ0) is 24.2. The number of ether oxygens (including phenoxy) is 1. The fourth-order valence-corrected chi connectivity index (χ4v) is 6.22. The number of Topliss-reactive ketones (excluding diaryl/α,β-unsaturated/α-hetero) is 1. The number of nitrogens with zero attached hydrogens (tertiary/aromatic N) is 4. The van der Waals surface area contributed by atoms with Crippen LogP contribution in [0.2, 0.25) is 0 Å². The second-order valence-electron chi connectivity index (χ2n) is 9.52. The molecule has 1 aromatic carbocycles. The van der Waals surface area contributed by atoms with Crippen LogP contribution < -0.4 is 10.5 Å². The number of aliphatic hydroxyl groups is 1. The number of benzene rings is 1. The first kappa shape index (κ1) is 22.8. The standard InChI is InChI=1S/C25H29N5O3S/c1-14-8-15-10-19(34-22(15)18(9-14)33-4)20-17(12-29-7-5-6-16(31)11-29)23(25(2,3)32)30-21(20)24(26)27-13-28-30/h8-10,13,32H,5-7,11-12H2,1-4H3,(H2,26,27,28). The number of fused-ring (bicyclic) bond motifs is 2. The Bertz CT molecular complexity index is 1420. The number of carbonyl (C=O) groups excluding carboxylic acids is 1. The fourth-order valence-electron chi connectivity index (χ4n) is 5.01. The van der Waals surface area contributed by atoms with Crippen molar-refractivity contribution in [2.75, 3.05) is 25.9 Å². The molecule has 9 heteroatoms. The van der Waals surface area contributed by atoms with Gasteiger partial charge in [-0.1, -0.05) is 6.07 Å². The van der Waals surface area contributed by atoms with E-state index < -0.39 is 5.60 Å². The number of aryl methyl sites for hydroxylation is 1. The number of hydrogen-bond donors (Lipinski definition) is 2. The molecule has 0 bridgehead atoms. The molecule has 0 amide bonds. The summed E-state index contributed by atoms with van der Waals surface area (Å²) in [6.07, 6.45) is 2.86. The number of aromatic nitrogens is 3. The maximum Gasteiger partial charge on any atom is 0.152 e. The van der Waals surface area contributed by atoms with Gasteiger partial charge in [-0.05, 0) is 56.8 Å². The van der Waals surface area contributed by atoms with E-state index in [0.29, 0.717) is 36.5 Å². The van der Waals surface area contributed by atoms with Gasteiger partial charge in [0.1, 0.15) is 29.0 Å². The third-order valence-electron chi connectivity index (χ3n) is 6.34. The Morgan fingerprint density at radius 2 is 2.09 bits per heavy atom. The summed E-state index contributed by atoms with van der Waals surface area (Å²) in [7, 11) is 1.68. The summed E-state index contributed by atoms with van der Waals surface area (Å²) in [4.78, 5) is 19.6. The SMILES string of the molecule is COc1cc(C)cc2cc(-c3c(CN4CCCC(=O)C4)c(C(C)(C)O)n4ncnc(N)c34)sc12. The van der Waals surface area contributed by atoms with Gasteiger partial charge >= 0.3 is 0 Å². The molecule has 4 aromatic rings. The molecule has 4 heterocycles. The number of methoxy groups -OCH3 is 1. The third-order valence-corrected chi connectivity index (χ3v) is 7.52. The molecule has 3 N–H and O–H groups in total. The van der Waals surface area contributed by atoms with Gasteiger partial charge in [-0.2, -0.15) is 5.10 Å². The lowest BCUT2D eigenvalue weighted by atomic mass is 9.96. The summed E-state index contributed by atoms with van der Waals surface area (Å²) in [5.74, 6) is 1.41. The number of hydrogen-bond acceptors (Lipinski definition) is 8. The highest BCUT2D eigenvalue weighted by atomic mass is 32.1. The quantitative estimate of drug-likeness (QED) is 0.447. The van der Waals surface area contributed by atoms with Crippen molar-refractivity contribution < 1.29 is 14.6 Å². The van der Waals surface area contributed by atoms with Crippen LogP contribution in [-0.2, 0) is 16.9 Å². The molecule has 0 radical (unpaired) electrons. The van der Waals surface area contributed by atoms with Crippen molar-refractivity contribution in [3.8, 4) is 16.2 Å². The van der Waals surface area contributed by atoms with Gasteiger partial charge in [0.25, 0.3) is 0 Å². The first-order chi connectivity index (χ1) is 16.2. The van der Waals surface area contributed by atoms with E-state index in [2.05, 4.69) is 27.1 Å². The van der Waals surface area contributed by atoms with Crippen molar-refractivity contribution in [2.45, 2.75) is 45.8 Å². The number of likely N-dealkylation sites (tertiary alicyclic amines) is 1. The molecule has 5 rings (SSSR count). The highest BCUT2D eigenvalue weighted by molar-refractivity contribution is 7.22. The topological polar surface area (TPSA) is 106 Å². The van der Waals surface area contributed by atoms with Gasteiger partial charge in [0.05, 0.1) is 24.0 Å². The summed E-state index contributed by atoms with van der Waals surface area (Å²) >= 11 is 1.62. The zero-order valence-corrected chi connectivity index (χ0v) is 20.7. The van der Waals surface area contributed by atoms with Crippen LogP contribution in [-0.4, -0.2) is 50.6 Å². The van der Waals surface area contributed by atoms with E-state index >= 15 is 0 Å². The Balaban J connectivity index is 1.81. The van der Waals surface area contributed by atoms with Crippen molar-refractivity contribution >= 4 is 38.5 Å². The van der Waals surface area contributed by atoms with Crippen molar-refractivity contribution in [3.05, 3.63) is 41.3 Å². The Morgan fingerprint density at radius 1 is 1.29 bits per heavy atom. The molecule has 0 atom stereocenters. The zero-order valence-electron chi connectivity index (χ0n) is 19.9. The summed E-state index contributed by atoms with van der Waals surface area (Å²) in [6, 6.07) is 6.30. The second-order valence-corrected chi connectivity index (χ2v) is 10.6. The molecule has 8 nitrogen and oxygen atoms in total. The number of piperidine rings is 1. The number of nitrogens with two attached hydrogens (primary N) is 1. The first-order valence-electron chi connectivity index (χ1n) is 11.4. The molecule has 178 valence electrons. The number of nitrogen functional groups attached to an aromatic ring is 1. The minimum absolute atomic E-state index is 0.239. The number of anilines is 1. The molecular formula is C25H29N5O3S.